The minimum Gasteiger partial charge on any atom is -0.344 e. The molecule has 1 saturated carbocycles. The molecule has 0 bridgehead atoms. The molecule has 1 fully saturated rings. The Labute approximate surface area is 197 Å². The third-order valence-electron chi connectivity index (χ3n) is 5.72. The summed E-state index contributed by atoms with van der Waals surface area (Å²) in [6.07, 6.45) is 5.73. The standard InChI is InChI=1S/C26H25N5OS/c1-18(25(32)28-23(19-8-4-2-5-9-19)20-10-6-3-7-11-20)33-26-30-29-24(31(26)22-12-13-22)21-14-16-27-17-15-21/h2-11,14-18,22-23H,12-13H2,1H3,(H,28,32)/t18-/m0/s1. The van der Waals surface area contributed by atoms with Crippen LogP contribution in [-0.2, 0) is 4.79 Å². The number of carbonyl (C=O) groups is 1. The molecule has 1 amide bonds. The lowest BCUT2D eigenvalue weighted by Gasteiger charge is -2.22. The lowest BCUT2D eigenvalue weighted by atomic mass is 9.98. The van der Waals surface area contributed by atoms with E-state index >= 15 is 0 Å². The highest BCUT2D eigenvalue weighted by Gasteiger charge is 2.32. The molecule has 0 saturated heterocycles. The topological polar surface area (TPSA) is 72.7 Å². The average Bonchev–Trinajstić information content (AvgIpc) is 3.63. The maximum Gasteiger partial charge on any atom is 0.234 e. The number of amides is 1. The van der Waals surface area contributed by atoms with Gasteiger partial charge in [-0.3, -0.25) is 14.3 Å². The summed E-state index contributed by atoms with van der Waals surface area (Å²) in [6, 6.07) is 24.2. The second kappa shape index (κ2) is 9.58. The number of benzene rings is 2. The molecule has 2 aromatic carbocycles. The third-order valence-corrected chi connectivity index (χ3v) is 6.78. The number of rotatable bonds is 8. The highest BCUT2D eigenvalue weighted by molar-refractivity contribution is 8.00. The number of pyridine rings is 1. The van der Waals surface area contributed by atoms with Crippen LogP contribution in [0.3, 0.4) is 0 Å². The first kappa shape index (κ1) is 21.4. The number of nitrogens with zero attached hydrogens (tertiary/aromatic N) is 4. The van der Waals surface area contributed by atoms with E-state index in [2.05, 4.69) is 25.1 Å². The van der Waals surface area contributed by atoms with Crippen LogP contribution in [0.4, 0.5) is 0 Å². The van der Waals surface area contributed by atoms with E-state index in [1.807, 2.05) is 79.7 Å². The summed E-state index contributed by atoms with van der Waals surface area (Å²) in [5.74, 6) is 0.801. The van der Waals surface area contributed by atoms with Crippen molar-refractivity contribution in [2.45, 2.75) is 42.3 Å². The number of aromatic nitrogens is 4. The molecule has 0 spiro atoms. The van der Waals surface area contributed by atoms with Crippen molar-refractivity contribution in [1.82, 2.24) is 25.1 Å². The van der Waals surface area contributed by atoms with Gasteiger partial charge in [0.1, 0.15) is 0 Å². The maximum atomic E-state index is 13.3. The van der Waals surface area contributed by atoms with Gasteiger partial charge in [0.25, 0.3) is 0 Å². The van der Waals surface area contributed by atoms with Gasteiger partial charge in [-0.05, 0) is 43.0 Å². The van der Waals surface area contributed by atoms with Gasteiger partial charge in [-0.25, -0.2) is 0 Å². The average molecular weight is 456 g/mol. The van der Waals surface area contributed by atoms with E-state index in [9.17, 15) is 4.79 Å². The summed E-state index contributed by atoms with van der Waals surface area (Å²) >= 11 is 1.46. The molecule has 166 valence electrons. The van der Waals surface area contributed by atoms with E-state index in [1.165, 1.54) is 11.8 Å². The minimum atomic E-state index is -0.327. The Balaban J connectivity index is 1.36. The number of nitrogens with one attached hydrogen (secondary N) is 1. The Kier molecular flexibility index (Phi) is 6.21. The first-order valence-electron chi connectivity index (χ1n) is 11.1. The summed E-state index contributed by atoms with van der Waals surface area (Å²) in [6.45, 7) is 1.92. The second-order valence-corrected chi connectivity index (χ2v) is 9.47. The molecule has 1 atom stereocenters. The largest absolute Gasteiger partial charge is 0.344 e. The molecule has 2 heterocycles. The molecule has 0 unspecified atom stereocenters. The monoisotopic (exact) mass is 455 g/mol. The van der Waals surface area contributed by atoms with E-state index in [-0.39, 0.29) is 17.2 Å². The van der Waals surface area contributed by atoms with Crippen LogP contribution in [0, 0.1) is 0 Å². The number of thioether (sulfide) groups is 1. The van der Waals surface area contributed by atoms with E-state index in [0.29, 0.717) is 6.04 Å². The zero-order valence-electron chi connectivity index (χ0n) is 18.3. The molecular weight excluding hydrogens is 430 g/mol. The van der Waals surface area contributed by atoms with E-state index in [0.717, 1.165) is 40.5 Å². The van der Waals surface area contributed by atoms with Crippen LogP contribution in [0.2, 0.25) is 0 Å². The lowest BCUT2D eigenvalue weighted by Crippen LogP contribution is -2.35. The van der Waals surface area contributed by atoms with Gasteiger partial charge in [-0.15, -0.1) is 10.2 Å². The summed E-state index contributed by atoms with van der Waals surface area (Å²) < 4.78 is 2.18. The van der Waals surface area contributed by atoms with Crippen molar-refractivity contribution in [2.75, 3.05) is 0 Å². The van der Waals surface area contributed by atoms with Gasteiger partial charge in [0.05, 0.1) is 11.3 Å². The van der Waals surface area contributed by atoms with Crippen LogP contribution < -0.4 is 5.32 Å². The summed E-state index contributed by atoms with van der Waals surface area (Å²) in [4.78, 5) is 17.4. The minimum absolute atomic E-state index is 0.0338. The predicted molar refractivity (Wildman–Crippen MR) is 130 cm³/mol. The smallest absolute Gasteiger partial charge is 0.234 e. The molecule has 2 aromatic heterocycles. The third kappa shape index (κ3) is 4.83. The molecular formula is C26H25N5OS. The summed E-state index contributed by atoms with van der Waals surface area (Å²) in [7, 11) is 0. The molecule has 33 heavy (non-hydrogen) atoms. The molecule has 6 nitrogen and oxygen atoms in total. The lowest BCUT2D eigenvalue weighted by molar-refractivity contribution is -0.120. The van der Waals surface area contributed by atoms with E-state index in [1.54, 1.807) is 12.4 Å². The SMILES string of the molecule is C[C@H](Sc1nnc(-c2ccncc2)n1C1CC1)C(=O)NC(c1ccccc1)c1ccccc1. The number of hydrogen-bond acceptors (Lipinski definition) is 5. The maximum absolute atomic E-state index is 13.3. The Hall–Kier alpha value is -3.45. The molecule has 4 aromatic rings. The van der Waals surface area contributed by atoms with Crippen LogP contribution in [0.5, 0.6) is 0 Å². The van der Waals surface area contributed by atoms with Crippen molar-refractivity contribution in [3.8, 4) is 11.4 Å². The van der Waals surface area contributed by atoms with Gasteiger partial charge >= 0.3 is 0 Å². The van der Waals surface area contributed by atoms with Crippen molar-refractivity contribution in [3.63, 3.8) is 0 Å². The zero-order valence-corrected chi connectivity index (χ0v) is 19.2. The van der Waals surface area contributed by atoms with Crippen LogP contribution in [0.15, 0.2) is 90.3 Å². The Morgan fingerprint density at radius 1 is 0.939 bits per heavy atom. The summed E-state index contributed by atoms with van der Waals surface area (Å²) in [5, 5.41) is 12.6. The number of carbonyl (C=O) groups excluding carboxylic acids is 1. The fourth-order valence-corrected chi connectivity index (χ4v) is 4.77. The van der Waals surface area contributed by atoms with Crippen LogP contribution in [0.25, 0.3) is 11.4 Å². The first-order valence-corrected chi connectivity index (χ1v) is 12.0. The Morgan fingerprint density at radius 3 is 2.12 bits per heavy atom. The molecule has 5 rings (SSSR count). The van der Waals surface area contributed by atoms with Crippen molar-refractivity contribution in [3.05, 3.63) is 96.3 Å². The van der Waals surface area contributed by atoms with Crippen molar-refractivity contribution in [1.29, 1.82) is 0 Å². The Morgan fingerprint density at radius 2 is 1.55 bits per heavy atom. The molecule has 7 heteroatoms. The van der Waals surface area contributed by atoms with Gasteiger partial charge in [0.2, 0.25) is 5.91 Å². The van der Waals surface area contributed by atoms with Crippen LogP contribution in [-0.4, -0.2) is 30.9 Å². The molecule has 0 radical (unpaired) electrons. The Bertz CT molecular complexity index is 1170. The van der Waals surface area contributed by atoms with E-state index < -0.39 is 0 Å². The molecule has 1 aliphatic carbocycles. The van der Waals surface area contributed by atoms with Crippen LogP contribution in [0.1, 0.15) is 43.0 Å². The molecule has 0 aliphatic heterocycles. The summed E-state index contributed by atoms with van der Waals surface area (Å²) in [5.41, 5.74) is 3.09. The normalized spacial score (nSPS) is 14.2. The fraction of sp³-hybridized carbons (Fsp3) is 0.231. The highest BCUT2D eigenvalue weighted by atomic mass is 32.2. The van der Waals surface area contributed by atoms with Gasteiger partial charge < -0.3 is 5.32 Å². The van der Waals surface area contributed by atoms with Gasteiger partial charge in [-0.2, -0.15) is 0 Å². The molecule has 1 N–H and O–H groups in total. The van der Waals surface area contributed by atoms with Gasteiger partial charge in [0, 0.05) is 24.0 Å². The fourth-order valence-electron chi connectivity index (χ4n) is 3.84. The van der Waals surface area contributed by atoms with E-state index in [4.69, 9.17) is 0 Å². The van der Waals surface area contributed by atoms with Gasteiger partial charge in [0.15, 0.2) is 11.0 Å². The van der Waals surface area contributed by atoms with Crippen molar-refractivity contribution >= 4 is 17.7 Å². The quantitative estimate of drug-likeness (QED) is 0.376. The zero-order chi connectivity index (χ0) is 22.6. The number of hydrogen-bond donors (Lipinski definition) is 1. The highest BCUT2D eigenvalue weighted by Crippen LogP contribution is 2.41. The molecule has 1 aliphatic rings. The van der Waals surface area contributed by atoms with Crippen molar-refractivity contribution < 1.29 is 4.79 Å². The predicted octanol–water partition coefficient (Wildman–Crippen LogP) is 5.06. The second-order valence-electron chi connectivity index (χ2n) is 8.17. The van der Waals surface area contributed by atoms with Crippen LogP contribution >= 0.6 is 11.8 Å². The van der Waals surface area contributed by atoms with Gasteiger partial charge in [-0.1, -0.05) is 72.4 Å². The first-order chi connectivity index (χ1) is 16.2. The van der Waals surface area contributed by atoms with Crippen molar-refractivity contribution in [2.24, 2.45) is 0 Å².